The number of amides is 1. The average Bonchev–Trinajstić information content (AvgIpc) is 3.56. The molecule has 0 aliphatic carbocycles. The Bertz CT molecular complexity index is 1690. The number of halogens is 3. The fourth-order valence-corrected chi connectivity index (χ4v) is 6.84. The van der Waals surface area contributed by atoms with Crippen molar-refractivity contribution in [2.24, 2.45) is 13.0 Å². The third-order valence-electron chi connectivity index (χ3n) is 8.64. The van der Waals surface area contributed by atoms with E-state index in [1.807, 2.05) is 29.8 Å². The van der Waals surface area contributed by atoms with Crippen LogP contribution in [0.25, 0.3) is 0 Å². The molecule has 1 aromatic carbocycles. The second-order valence-corrected chi connectivity index (χ2v) is 13.5. The van der Waals surface area contributed by atoms with Crippen LogP contribution in [0.2, 0.25) is 0 Å². The summed E-state index contributed by atoms with van der Waals surface area (Å²) in [6, 6.07) is 10.5. The first-order chi connectivity index (χ1) is 22.3. The van der Waals surface area contributed by atoms with Gasteiger partial charge in [0.1, 0.15) is 18.0 Å². The molecule has 1 amide bonds. The lowest BCUT2D eigenvalue weighted by molar-refractivity contribution is -0.192. The van der Waals surface area contributed by atoms with Gasteiger partial charge in [0.15, 0.2) is 0 Å². The monoisotopic (exact) mass is 671 g/mol. The molecule has 15 heteroatoms. The lowest BCUT2D eigenvalue weighted by Gasteiger charge is -2.42. The smallest absolute Gasteiger partial charge is 0.475 e. The van der Waals surface area contributed by atoms with Crippen molar-refractivity contribution in [2.45, 2.75) is 62.8 Å². The minimum atomic E-state index is -5.08. The molecule has 3 aromatic rings. The van der Waals surface area contributed by atoms with E-state index >= 15 is 0 Å². The van der Waals surface area contributed by atoms with E-state index in [-0.39, 0.29) is 11.3 Å². The van der Waals surface area contributed by atoms with Crippen LogP contribution >= 0.6 is 11.8 Å². The van der Waals surface area contributed by atoms with E-state index in [1.165, 1.54) is 12.8 Å². The Morgan fingerprint density at radius 3 is 2.57 bits per heavy atom. The van der Waals surface area contributed by atoms with Crippen molar-refractivity contribution in [3.05, 3.63) is 64.2 Å². The highest BCUT2D eigenvalue weighted by atomic mass is 32.2. The summed E-state index contributed by atoms with van der Waals surface area (Å²) in [6.07, 6.45) is -0.235. The average molecular weight is 672 g/mol. The molecule has 3 aliphatic heterocycles. The number of aryl methyl sites for hydroxylation is 1. The number of alkyl halides is 3. The van der Waals surface area contributed by atoms with E-state index in [0.29, 0.717) is 49.0 Å². The molecule has 11 nitrogen and oxygen atoms in total. The maximum Gasteiger partial charge on any atom is 0.490 e. The van der Waals surface area contributed by atoms with E-state index in [1.54, 1.807) is 23.0 Å². The van der Waals surface area contributed by atoms with E-state index in [4.69, 9.17) is 19.6 Å². The fraction of sp³-hybridized carbons (Fsp3) is 0.500. The number of nitrogens with zero attached hydrogens (tertiary/aromatic N) is 7. The first kappa shape index (κ1) is 34.3. The highest BCUT2D eigenvalue weighted by Gasteiger charge is 2.43. The topological polar surface area (TPSA) is 137 Å². The number of benzene rings is 1. The van der Waals surface area contributed by atoms with Crippen molar-refractivity contribution in [1.29, 1.82) is 5.26 Å². The maximum absolute atomic E-state index is 13.9. The minimum Gasteiger partial charge on any atom is -0.475 e. The molecule has 1 N–H and O–H groups in total. The minimum absolute atomic E-state index is 0.0929. The van der Waals surface area contributed by atoms with E-state index in [2.05, 4.69) is 41.1 Å². The molecule has 0 bridgehead atoms. The molecule has 1 atom stereocenters. The van der Waals surface area contributed by atoms with E-state index in [0.717, 1.165) is 52.9 Å². The summed E-state index contributed by atoms with van der Waals surface area (Å²) in [5.41, 5.74) is 3.86. The van der Waals surface area contributed by atoms with E-state index in [9.17, 15) is 23.2 Å². The third kappa shape index (κ3) is 7.61. The number of rotatable bonds is 8. The lowest BCUT2D eigenvalue weighted by atomic mass is 9.76. The molecule has 0 saturated carbocycles. The number of fused-ring (bicyclic) bond motifs is 1. The predicted octanol–water partition coefficient (Wildman–Crippen LogP) is 4.73. The maximum atomic E-state index is 13.9. The number of carboxylic acid groups (broad SMARTS) is 1. The number of aromatic nitrogens is 4. The number of hydrogen-bond donors (Lipinski definition) is 1. The number of carboxylic acids is 1. The van der Waals surface area contributed by atoms with Crippen molar-refractivity contribution < 1.29 is 32.6 Å². The molecule has 2 fully saturated rings. The number of ether oxygens (including phenoxy) is 1. The highest BCUT2D eigenvalue weighted by molar-refractivity contribution is 7.99. The second kappa shape index (κ2) is 14.0. The molecule has 0 unspecified atom stereocenters. The summed E-state index contributed by atoms with van der Waals surface area (Å²) >= 11 is 1.66. The summed E-state index contributed by atoms with van der Waals surface area (Å²) < 4.78 is 39.4. The molecule has 47 heavy (non-hydrogen) atoms. The Morgan fingerprint density at radius 1 is 1.26 bits per heavy atom. The van der Waals surface area contributed by atoms with E-state index < -0.39 is 12.1 Å². The van der Waals surface area contributed by atoms with Crippen LogP contribution in [0.1, 0.15) is 65.1 Å². The first-order valence-corrected chi connectivity index (χ1v) is 16.3. The number of carbonyl (C=O) groups excluding carboxylic acids is 1. The molecular formula is C32H36F3N7O4S. The quantitative estimate of drug-likeness (QED) is 0.335. The van der Waals surface area contributed by atoms with Crippen LogP contribution in [0, 0.1) is 17.2 Å². The number of nitriles is 1. The third-order valence-corrected chi connectivity index (χ3v) is 9.43. The van der Waals surface area contributed by atoms with Crippen LogP contribution in [0.5, 0.6) is 0 Å². The summed E-state index contributed by atoms with van der Waals surface area (Å²) in [6.45, 7) is 8.74. The lowest BCUT2D eigenvalue weighted by Crippen LogP contribution is -2.49. The first-order valence-electron chi connectivity index (χ1n) is 15.3. The molecule has 5 heterocycles. The number of likely N-dealkylation sites (tertiary alicyclic amines) is 1. The Morgan fingerprint density at radius 2 is 2.00 bits per heavy atom. The fourth-order valence-electron chi connectivity index (χ4n) is 6.18. The van der Waals surface area contributed by atoms with Gasteiger partial charge < -0.3 is 14.4 Å². The van der Waals surface area contributed by atoms with Crippen molar-refractivity contribution in [2.75, 3.05) is 37.0 Å². The van der Waals surface area contributed by atoms with Crippen LogP contribution < -0.4 is 4.90 Å². The van der Waals surface area contributed by atoms with Crippen molar-refractivity contribution in [1.82, 2.24) is 24.6 Å². The zero-order valence-electron chi connectivity index (χ0n) is 26.4. The molecule has 2 aromatic heterocycles. The molecule has 250 valence electrons. The molecule has 2 saturated heterocycles. The number of anilines is 1. The SMILES string of the molecule is CCSc1cc(C2(Cc3nncn3C)COC2)cc(N2Cc3c(C#N)cc(CN4CCC[C@H](C)C4)cc3C2=O)n1.O=C(O)C(F)(F)F. The standard InChI is InChI=1S/C30H35N7O2S.C2HF3O2/c1-4-40-28-11-23(30(17-39-18-30)12-27-34-32-19-35(27)3)10-26(33-28)37-16-25-22(13-31)8-21(9-24(25)29(37)38)15-36-7-5-6-20(2)14-36;3-2(4,5)1(6)7/h8-11,19-20H,4-7,12,14-18H2,1-3H3;(H,6,7)/t20-;/m0./s1. The zero-order valence-corrected chi connectivity index (χ0v) is 27.2. The van der Waals surface area contributed by atoms with Gasteiger partial charge in [-0.05, 0) is 66.4 Å². The normalized spacial score (nSPS) is 19.0. The molecule has 3 aliphatic rings. The van der Waals surface area contributed by atoms with Crippen molar-refractivity contribution in [3.63, 3.8) is 0 Å². The Balaban J connectivity index is 0.000000559. The number of piperidine rings is 1. The summed E-state index contributed by atoms with van der Waals surface area (Å²) in [5.74, 6) is 0.201. The zero-order chi connectivity index (χ0) is 33.9. The Labute approximate surface area is 274 Å². The summed E-state index contributed by atoms with van der Waals surface area (Å²) in [7, 11) is 1.95. The van der Waals surface area contributed by atoms with Crippen LogP contribution in [0.4, 0.5) is 19.0 Å². The number of hydrogen-bond acceptors (Lipinski definition) is 9. The number of thioether (sulfide) groups is 1. The van der Waals surface area contributed by atoms with Crippen LogP contribution in [-0.4, -0.2) is 79.9 Å². The largest absolute Gasteiger partial charge is 0.490 e. The number of carbonyl (C=O) groups is 2. The van der Waals surface area contributed by atoms with Crippen molar-refractivity contribution >= 4 is 29.5 Å². The van der Waals surface area contributed by atoms with Gasteiger partial charge in [0.25, 0.3) is 5.91 Å². The van der Waals surface area contributed by atoms with Gasteiger partial charge in [-0.1, -0.05) is 13.8 Å². The van der Waals surface area contributed by atoms with Gasteiger partial charge in [0, 0.05) is 43.1 Å². The molecule has 0 radical (unpaired) electrons. The highest BCUT2D eigenvalue weighted by Crippen LogP contribution is 2.40. The predicted molar refractivity (Wildman–Crippen MR) is 167 cm³/mol. The van der Waals surface area contributed by atoms with Crippen molar-refractivity contribution in [3.8, 4) is 6.07 Å². The number of aliphatic carboxylic acids is 1. The Hall–Kier alpha value is -4.00. The van der Waals surface area contributed by atoms with Gasteiger partial charge in [0.2, 0.25) is 0 Å². The number of pyridine rings is 1. The molecule has 0 spiro atoms. The van der Waals surface area contributed by atoms with Gasteiger partial charge in [0.05, 0.1) is 36.4 Å². The second-order valence-electron chi connectivity index (χ2n) is 12.3. The van der Waals surface area contributed by atoms with Gasteiger partial charge >= 0.3 is 12.1 Å². The van der Waals surface area contributed by atoms with Gasteiger partial charge in [-0.3, -0.25) is 14.6 Å². The van der Waals surface area contributed by atoms with Gasteiger partial charge in [-0.15, -0.1) is 22.0 Å². The molecular weight excluding hydrogens is 635 g/mol. The molecule has 6 rings (SSSR count). The van der Waals surface area contributed by atoms with Crippen LogP contribution in [0.15, 0.2) is 35.6 Å². The summed E-state index contributed by atoms with van der Waals surface area (Å²) in [4.78, 5) is 31.9. The van der Waals surface area contributed by atoms with Gasteiger partial charge in [-0.25, -0.2) is 9.78 Å². The Kier molecular flexibility index (Phi) is 10.2. The van der Waals surface area contributed by atoms with Crippen LogP contribution in [0.3, 0.4) is 0 Å². The summed E-state index contributed by atoms with van der Waals surface area (Å²) in [5, 5.41) is 26.4. The van der Waals surface area contributed by atoms with Crippen LogP contribution in [-0.2, 0) is 41.5 Å². The van der Waals surface area contributed by atoms with Gasteiger partial charge in [-0.2, -0.15) is 18.4 Å².